The van der Waals surface area contributed by atoms with E-state index in [-0.39, 0.29) is 24.2 Å². The zero-order valence-electron chi connectivity index (χ0n) is 18.2. The molecule has 2 aromatic carbocycles. The molecule has 0 spiro atoms. The van der Waals surface area contributed by atoms with E-state index in [2.05, 4.69) is 20.6 Å². The number of hydrogen-bond donors (Lipinski definition) is 3. The average molecular weight is 446 g/mol. The summed E-state index contributed by atoms with van der Waals surface area (Å²) in [4.78, 5) is 34.0. The van der Waals surface area contributed by atoms with Crippen LogP contribution in [0.2, 0.25) is 0 Å². The molecule has 9 heteroatoms. The van der Waals surface area contributed by atoms with Crippen LogP contribution in [0.25, 0.3) is 11.0 Å². The molecule has 4 aromatic rings. The Morgan fingerprint density at radius 3 is 2.67 bits per heavy atom. The first kappa shape index (κ1) is 21.9. The first-order chi connectivity index (χ1) is 15.8. The standard InChI is InChI=1S/C24H23FN6O2/c1-14(2)31-12-18(20-22(26)28-13-29-23(20)31)21(32)15-7-5-8-17(10-15)30-24(33)27-11-16-6-3-4-9-19(16)25/h3-10,12-14H,11H2,1-2H3,(H2,26,28,29)(H2,27,30,33). The molecular formula is C24H23FN6O2. The Hall–Kier alpha value is -4.27. The minimum absolute atomic E-state index is 0.0328. The Labute approximate surface area is 189 Å². The molecule has 2 amide bonds. The lowest BCUT2D eigenvalue weighted by molar-refractivity contribution is 0.104. The molecule has 0 aliphatic heterocycles. The van der Waals surface area contributed by atoms with Crippen LogP contribution < -0.4 is 16.4 Å². The number of nitrogens with two attached hydrogens (primary N) is 1. The smallest absolute Gasteiger partial charge is 0.319 e. The molecule has 0 saturated heterocycles. The van der Waals surface area contributed by atoms with Gasteiger partial charge in [0.15, 0.2) is 5.78 Å². The van der Waals surface area contributed by atoms with Crippen LogP contribution in [0.3, 0.4) is 0 Å². The van der Waals surface area contributed by atoms with Crippen LogP contribution in [-0.4, -0.2) is 26.3 Å². The van der Waals surface area contributed by atoms with E-state index in [1.807, 2.05) is 18.4 Å². The summed E-state index contributed by atoms with van der Waals surface area (Å²) in [5.41, 5.74) is 8.20. The fourth-order valence-corrected chi connectivity index (χ4v) is 3.56. The molecule has 0 fully saturated rings. The second-order valence-corrected chi connectivity index (χ2v) is 7.81. The summed E-state index contributed by atoms with van der Waals surface area (Å²) in [5, 5.41) is 5.77. The first-order valence-electron chi connectivity index (χ1n) is 10.4. The lowest BCUT2D eigenvalue weighted by Crippen LogP contribution is -2.28. The van der Waals surface area contributed by atoms with Crippen molar-refractivity contribution in [3.05, 3.63) is 83.6 Å². The molecule has 8 nitrogen and oxygen atoms in total. The number of aromatic nitrogens is 3. The zero-order valence-corrected chi connectivity index (χ0v) is 18.2. The molecule has 2 aromatic heterocycles. The number of urea groups is 1. The van der Waals surface area contributed by atoms with E-state index in [0.717, 1.165) is 0 Å². The minimum atomic E-state index is -0.517. The van der Waals surface area contributed by atoms with Crippen LogP contribution in [0.4, 0.5) is 20.7 Å². The first-order valence-corrected chi connectivity index (χ1v) is 10.4. The second kappa shape index (κ2) is 9.07. The summed E-state index contributed by atoms with van der Waals surface area (Å²) >= 11 is 0. The molecule has 0 aliphatic carbocycles. The highest BCUT2D eigenvalue weighted by atomic mass is 19.1. The van der Waals surface area contributed by atoms with Gasteiger partial charge in [-0.05, 0) is 32.0 Å². The number of carbonyl (C=O) groups excluding carboxylic acids is 2. The fourth-order valence-electron chi connectivity index (χ4n) is 3.56. The summed E-state index contributed by atoms with van der Waals surface area (Å²) in [5.74, 6) is -0.435. The van der Waals surface area contributed by atoms with Gasteiger partial charge in [-0.2, -0.15) is 0 Å². The minimum Gasteiger partial charge on any atom is -0.383 e. The summed E-state index contributed by atoms with van der Waals surface area (Å²) < 4.78 is 15.6. The van der Waals surface area contributed by atoms with Crippen LogP contribution >= 0.6 is 0 Å². The summed E-state index contributed by atoms with van der Waals surface area (Å²) in [7, 11) is 0. The molecule has 0 saturated carbocycles. The second-order valence-electron chi connectivity index (χ2n) is 7.81. The molecule has 4 rings (SSSR count). The maximum absolute atomic E-state index is 13.7. The summed E-state index contributed by atoms with van der Waals surface area (Å²) in [6, 6.07) is 12.3. The van der Waals surface area contributed by atoms with Gasteiger partial charge in [-0.15, -0.1) is 0 Å². The molecular weight excluding hydrogens is 423 g/mol. The topological polar surface area (TPSA) is 115 Å². The fraction of sp³-hybridized carbons (Fsp3) is 0.167. The van der Waals surface area contributed by atoms with Crippen molar-refractivity contribution in [1.29, 1.82) is 0 Å². The van der Waals surface area contributed by atoms with E-state index < -0.39 is 11.8 Å². The number of halogens is 1. The number of hydrogen-bond acceptors (Lipinski definition) is 5. The number of rotatable bonds is 6. The van der Waals surface area contributed by atoms with E-state index in [9.17, 15) is 14.0 Å². The molecule has 0 bridgehead atoms. The Bertz CT molecular complexity index is 1350. The monoisotopic (exact) mass is 446 g/mol. The lowest BCUT2D eigenvalue weighted by atomic mass is 10.0. The normalized spacial score (nSPS) is 11.0. The predicted octanol–water partition coefficient (Wildman–Crippen LogP) is 4.29. The van der Waals surface area contributed by atoms with E-state index in [0.29, 0.717) is 33.4 Å². The van der Waals surface area contributed by atoms with E-state index in [1.165, 1.54) is 12.4 Å². The van der Waals surface area contributed by atoms with Crippen LogP contribution in [0.1, 0.15) is 41.4 Å². The van der Waals surface area contributed by atoms with Gasteiger partial charge in [0.05, 0.1) is 10.9 Å². The van der Waals surface area contributed by atoms with Gasteiger partial charge in [-0.1, -0.05) is 30.3 Å². The maximum Gasteiger partial charge on any atom is 0.319 e. The third kappa shape index (κ3) is 4.52. The molecule has 0 unspecified atom stereocenters. The highest BCUT2D eigenvalue weighted by Gasteiger charge is 2.21. The largest absolute Gasteiger partial charge is 0.383 e. The number of nitrogens with zero attached hydrogens (tertiary/aromatic N) is 3. The summed E-state index contributed by atoms with van der Waals surface area (Å²) in [6.45, 7) is 4.00. The van der Waals surface area contributed by atoms with Gasteiger partial charge in [0.2, 0.25) is 0 Å². The van der Waals surface area contributed by atoms with Crippen molar-refractivity contribution in [3.8, 4) is 0 Å². The molecule has 2 heterocycles. The number of anilines is 2. The van der Waals surface area contributed by atoms with Crippen LogP contribution in [0.15, 0.2) is 61.1 Å². The van der Waals surface area contributed by atoms with Crippen LogP contribution in [-0.2, 0) is 6.54 Å². The van der Waals surface area contributed by atoms with Crippen molar-refractivity contribution in [2.75, 3.05) is 11.1 Å². The van der Waals surface area contributed by atoms with Crippen molar-refractivity contribution in [3.63, 3.8) is 0 Å². The third-order valence-corrected chi connectivity index (χ3v) is 5.22. The summed E-state index contributed by atoms with van der Waals surface area (Å²) in [6.07, 6.45) is 3.10. The molecule has 33 heavy (non-hydrogen) atoms. The molecule has 4 N–H and O–H groups in total. The maximum atomic E-state index is 13.7. The van der Waals surface area contributed by atoms with Crippen molar-refractivity contribution in [2.24, 2.45) is 0 Å². The molecule has 0 radical (unpaired) electrons. The molecule has 0 aliphatic rings. The van der Waals surface area contributed by atoms with Crippen molar-refractivity contribution < 1.29 is 14.0 Å². The Balaban J connectivity index is 1.55. The number of benzene rings is 2. The number of fused-ring (bicyclic) bond motifs is 1. The predicted molar refractivity (Wildman–Crippen MR) is 124 cm³/mol. The van der Waals surface area contributed by atoms with Gasteiger partial charge < -0.3 is 20.9 Å². The number of nitrogen functional groups attached to an aromatic ring is 1. The van der Waals surface area contributed by atoms with Gasteiger partial charge in [0.25, 0.3) is 0 Å². The third-order valence-electron chi connectivity index (χ3n) is 5.22. The Morgan fingerprint density at radius 2 is 1.91 bits per heavy atom. The van der Waals surface area contributed by atoms with E-state index >= 15 is 0 Å². The Kier molecular flexibility index (Phi) is 6.03. The van der Waals surface area contributed by atoms with Crippen LogP contribution in [0, 0.1) is 5.82 Å². The average Bonchev–Trinajstić information content (AvgIpc) is 3.19. The SMILES string of the molecule is CC(C)n1cc(C(=O)c2cccc(NC(=O)NCc3ccccc3F)c2)c2c(N)ncnc21. The number of amides is 2. The van der Waals surface area contributed by atoms with Gasteiger partial charge >= 0.3 is 6.03 Å². The van der Waals surface area contributed by atoms with Gasteiger partial charge in [0, 0.05) is 35.6 Å². The van der Waals surface area contributed by atoms with Crippen LogP contribution in [0.5, 0.6) is 0 Å². The van der Waals surface area contributed by atoms with Gasteiger partial charge in [-0.3, -0.25) is 4.79 Å². The van der Waals surface area contributed by atoms with Crippen molar-refractivity contribution in [1.82, 2.24) is 19.9 Å². The van der Waals surface area contributed by atoms with Crippen molar-refractivity contribution >= 4 is 34.4 Å². The lowest BCUT2D eigenvalue weighted by Gasteiger charge is -2.09. The molecule has 168 valence electrons. The van der Waals surface area contributed by atoms with E-state index in [4.69, 9.17) is 5.73 Å². The quantitative estimate of drug-likeness (QED) is 0.382. The Morgan fingerprint density at radius 1 is 1.12 bits per heavy atom. The van der Waals surface area contributed by atoms with Crippen molar-refractivity contribution in [2.45, 2.75) is 26.4 Å². The number of nitrogens with one attached hydrogen (secondary N) is 2. The van der Waals surface area contributed by atoms with Gasteiger partial charge in [-0.25, -0.2) is 19.2 Å². The van der Waals surface area contributed by atoms with Gasteiger partial charge in [0.1, 0.15) is 23.6 Å². The van der Waals surface area contributed by atoms with E-state index in [1.54, 1.807) is 48.7 Å². The highest BCUT2D eigenvalue weighted by Crippen LogP contribution is 2.28. The highest BCUT2D eigenvalue weighted by molar-refractivity contribution is 6.18. The zero-order chi connectivity index (χ0) is 23.5. The molecule has 0 atom stereocenters. The number of ketones is 1. The number of carbonyl (C=O) groups is 2.